The molecule has 0 spiro atoms. The molecule has 0 unspecified atom stereocenters. The summed E-state index contributed by atoms with van der Waals surface area (Å²) >= 11 is 0. The van der Waals surface area contributed by atoms with Crippen LogP contribution in [0.2, 0.25) is 0 Å². The highest BCUT2D eigenvalue weighted by Crippen LogP contribution is 1.97. The van der Waals surface area contributed by atoms with Crippen molar-refractivity contribution < 1.29 is 4.79 Å². The van der Waals surface area contributed by atoms with Gasteiger partial charge in [-0.05, 0) is 19.9 Å². The van der Waals surface area contributed by atoms with Gasteiger partial charge in [0.05, 0.1) is 12.9 Å². The molecule has 3 aromatic rings. The molecule has 27 heavy (non-hydrogen) atoms. The second-order valence-electron chi connectivity index (χ2n) is 5.83. The Morgan fingerprint density at radius 1 is 1.19 bits per heavy atom. The first-order chi connectivity index (χ1) is 13.0. The van der Waals surface area contributed by atoms with Crippen LogP contribution in [0.3, 0.4) is 0 Å². The monoisotopic (exact) mass is 370 g/mol. The van der Waals surface area contributed by atoms with Crippen molar-refractivity contribution in [3.63, 3.8) is 0 Å². The van der Waals surface area contributed by atoms with E-state index in [4.69, 9.17) is 0 Å². The maximum absolute atomic E-state index is 12.1. The van der Waals surface area contributed by atoms with E-state index in [0.29, 0.717) is 17.1 Å². The minimum absolute atomic E-state index is 0.145. The third-order valence-electron chi connectivity index (χ3n) is 3.98. The maximum Gasteiger partial charge on any atom is 0.266 e. The fourth-order valence-corrected chi connectivity index (χ4v) is 2.35. The molecule has 0 aromatic carbocycles. The van der Waals surface area contributed by atoms with Gasteiger partial charge in [-0.2, -0.15) is 5.10 Å². The van der Waals surface area contributed by atoms with Gasteiger partial charge in [0.25, 0.3) is 11.1 Å². The summed E-state index contributed by atoms with van der Waals surface area (Å²) < 4.78 is 3.89. The molecule has 0 fully saturated rings. The van der Waals surface area contributed by atoms with Crippen molar-refractivity contribution in [1.82, 2.24) is 39.4 Å². The van der Waals surface area contributed by atoms with Gasteiger partial charge in [0.15, 0.2) is 5.82 Å². The lowest BCUT2D eigenvalue weighted by Crippen LogP contribution is -2.36. The van der Waals surface area contributed by atoms with Crippen molar-refractivity contribution in [2.75, 3.05) is 6.54 Å². The maximum atomic E-state index is 12.1. The summed E-state index contributed by atoms with van der Waals surface area (Å²) in [5, 5.41) is 10.8. The number of aromatic nitrogens is 7. The summed E-state index contributed by atoms with van der Waals surface area (Å²) in [5.74, 6) is 0.0776. The van der Waals surface area contributed by atoms with Crippen LogP contribution >= 0.6 is 0 Å². The van der Waals surface area contributed by atoms with E-state index in [1.807, 2.05) is 0 Å². The minimum Gasteiger partial charge on any atom is -0.353 e. The Morgan fingerprint density at radius 2 is 2.00 bits per heavy atom. The molecule has 0 bridgehead atoms. The summed E-state index contributed by atoms with van der Waals surface area (Å²) in [7, 11) is 0. The summed E-state index contributed by atoms with van der Waals surface area (Å²) in [6.07, 6.45) is 4.17. The van der Waals surface area contributed by atoms with Gasteiger partial charge >= 0.3 is 0 Å². The van der Waals surface area contributed by atoms with Crippen molar-refractivity contribution in [3.8, 4) is 5.82 Å². The first kappa shape index (κ1) is 18.2. The SMILES string of the molecule is Cc1ncn(CC(=O)NCCn2nc(-n3cncn3)ccc2=O)c(=O)c1C. The van der Waals surface area contributed by atoms with Crippen molar-refractivity contribution in [1.29, 1.82) is 0 Å². The average molecular weight is 370 g/mol. The molecule has 3 rings (SSSR count). The van der Waals surface area contributed by atoms with E-state index in [-0.39, 0.29) is 36.7 Å². The summed E-state index contributed by atoms with van der Waals surface area (Å²) in [6.45, 7) is 3.61. The van der Waals surface area contributed by atoms with Crippen molar-refractivity contribution in [2.24, 2.45) is 0 Å². The Bertz CT molecular complexity index is 1070. The van der Waals surface area contributed by atoms with Gasteiger partial charge in [-0.1, -0.05) is 0 Å². The lowest BCUT2D eigenvalue weighted by molar-refractivity contribution is -0.121. The number of amides is 1. The van der Waals surface area contributed by atoms with Crippen LogP contribution in [0.25, 0.3) is 5.82 Å². The number of hydrogen-bond acceptors (Lipinski definition) is 7. The molecule has 0 aliphatic heterocycles. The zero-order valence-electron chi connectivity index (χ0n) is 14.9. The third kappa shape index (κ3) is 4.14. The number of aryl methyl sites for hydroxylation is 1. The molecule has 3 heterocycles. The third-order valence-corrected chi connectivity index (χ3v) is 3.98. The largest absolute Gasteiger partial charge is 0.353 e. The fraction of sp³-hybridized carbons (Fsp3) is 0.312. The highest BCUT2D eigenvalue weighted by Gasteiger charge is 2.09. The predicted octanol–water partition coefficient (Wildman–Crippen LogP) is -1.19. The highest BCUT2D eigenvalue weighted by molar-refractivity contribution is 5.75. The van der Waals surface area contributed by atoms with Crippen LogP contribution in [-0.2, 0) is 17.9 Å². The number of nitrogens with one attached hydrogen (secondary N) is 1. The molecule has 11 heteroatoms. The molecule has 0 saturated carbocycles. The van der Waals surface area contributed by atoms with Crippen LogP contribution in [0.5, 0.6) is 0 Å². The van der Waals surface area contributed by atoms with E-state index in [1.54, 1.807) is 13.8 Å². The number of hydrogen-bond donors (Lipinski definition) is 1. The smallest absolute Gasteiger partial charge is 0.266 e. The first-order valence-electron chi connectivity index (χ1n) is 8.18. The topological polar surface area (TPSA) is 130 Å². The lowest BCUT2D eigenvalue weighted by Gasteiger charge is -2.10. The average Bonchev–Trinajstić information content (AvgIpc) is 3.18. The Balaban J connectivity index is 1.61. The van der Waals surface area contributed by atoms with Gasteiger partial charge in [-0.25, -0.2) is 19.3 Å². The molecule has 0 aliphatic rings. The zero-order valence-corrected chi connectivity index (χ0v) is 14.9. The Labute approximate surface area is 153 Å². The molecule has 140 valence electrons. The molecule has 0 radical (unpaired) electrons. The summed E-state index contributed by atoms with van der Waals surface area (Å²) in [6, 6.07) is 2.90. The second kappa shape index (κ2) is 7.72. The Kier molecular flexibility index (Phi) is 5.20. The molecular weight excluding hydrogens is 352 g/mol. The predicted molar refractivity (Wildman–Crippen MR) is 94.4 cm³/mol. The van der Waals surface area contributed by atoms with E-state index >= 15 is 0 Å². The number of carbonyl (C=O) groups excluding carboxylic acids is 1. The van der Waals surface area contributed by atoms with Crippen molar-refractivity contribution >= 4 is 5.91 Å². The van der Waals surface area contributed by atoms with Crippen LogP contribution in [0, 0.1) is 13.8 Å². The van der Waals surface area contributed by atoms with E-state index in [2.05, 4.69) is 25.5 Å². The molecule has 0 atom stereocenters. The van der Waals surface area contributed by atoms with Crippen LogP contribution < -0.4 is 16.4 Å². The van der Waals surface area contributed by atoms with Gasteiger partial charge in [0.2, 0.25) is 5.91 Å². The molecule has 0 saturated heterocycles. The molecule has 1 N–H and O–H groups in total. The number of nitrogens with zero attached hydrogens (tertiary/aromatic N) is 7. The van der Waals surface area contributed by atoms with Crippen molar-refractivity contribution in [2.45, 2.75) is 26.9 Å². The molecular formula is C16H18N8O3. The second-order valence-corrected chi connectivity index (χ2v) is 5.83. The van der Waals surface area contributed by atoms with E-state index in [1.165, 1.54) is 45.0 Å². The molecule has 1 amide bonds. The zero-order chi connectivity index (χ0) is 19.4. The van der Waals surface area contributed by atoms with Crippen LogP contribution in [0.15, 0.2) is 40.7 Å². The highest BCUT2D eigenvalue weighted by atomic mass is 16.2. The van der Waals surface area contributed by atoms with Crippen LogP contribution in [0.1, 0.15) is 11.3 Å². The normalized spacial score (nSPS) is 10.7. The van der Waals surface area contributed by atoms with Gasteiger partial charge in [-0.3, -0.25) is 19.0 Å². The van der Waals surface area contributed by atoms with Crippen LogP contribution in [-0.4, -0.2) is 46.5 Å². The van der Waals surface area contributed by atoms with E-state index in [0.717, 1.165) is 0 Å². The lowest BCUT2D eigenvalue weighted by atomic mass is 10.3. The molecule has 0 aliphatic carbocycles. The fourth-order valence-electron chi connectivity index (χ4n) is 2.35. The van der Waals surface area contributed by atoms with Gasteiger partial charge in [0, 0.05) is 23.9 Å². The van der Waals surface area contributed by atoms with Gasteiger partial charge in [0.1, 0.15) is 19.2 Å². The van der Waals surface area contributed by atoms with Gasteiger partial charge in [-0.15, -0.1) is 5.10 Å². The summed E-state index contributed by atoms with van der Waals surface area (Å²) in [4.78, 5) is 44.0. The Hall–Kier alpha value is -3.63. The summed E-state index contributed by atoms with van der Waals surface area (Å²) in [5.41, 5.74) is 0.583. The van der Waals surface area contributed by atoms with E-state index in [9.17, 15) is 14.4 Å². The van der Waals surface area contributed by atoms with Gasteiger partial charge < -0.3 is 5.32 Å². The van der Waals surface area contributed by atoms with E-state index < -0.39 is 0 Å². The van der Waals surface area contributed by atoms with Crippen molar-refractivity contribution in [3.05, 3.63) is 63.1 Å². The van der Waals surface area contributed by atoms with Crippen LogP contribution in [0.4, 0.5) is 0 Å². The molecule has 11 nitrogen and oxygen atoms in total. The number of rotatable bonds is 6. The Morgan fingerprint density at radius 3 is 2.74 bits per heavy atom. The minimum atomic E-state index is -0.359. The standard InChI is InChI=1S/C16H18N8O3/c1-11-12(2)19-10-22(16(11)27)7-14(25)18-5-6-23-15(26)4-3-13(21-23)24-9-17-8-20-24/h3-4,8-10H,5-7H2,1-2H3,(H,18,25). The quantitative estimate of drug-likeness (QED) is 0.578. The number of carbonyl (C=O) groups is 1. The first-order valence-corrected chi connectivity index (χ1v) is 8.18. The molecule has 3 aromatic heterocycles.